The number of rotatable bonds is 5. The Balaban J connectivity index is 1.31. The Hall–Kier alpha value is -2.12. The van der Waals surface area contributed by atoms with Crippen LogP contribution in [0.25, 0.3) is 0 Å². The van der Waals surface area contributed by atoms with Crippen molar-refractivity contribution in [1.29, 1.82) is 0 Å². The summed E-state index contributed by atoms with van der Waals surface area (Å²) in [5.41, 5.74) is 2.33. The van der Waals surface area contributed by atoms with Crippen molar-refractivity contribution in [3.05, 3.63) is 35.0 Å². The molecule has 28 heavy (non-hydrogen) atoms. The Labute approximate surface area is 165 Å². The van der Waals surface area contributed by atoms with Crippen LogP contribution in [0.3, 0.4) is 0 Å². The number of methoxy groups -OCH3 is 2. The quantitative estimate of drug-likeness (QED) is 0.783. The van der Waals surface area contributed by atoms with E-state index in [1.807, 2.05) is 0 Å². The summed E-state index contributed by atoms with van der Waals surface area (Å²) in [5.74, 6) is 3.68. The molecule has 0 bridgehead atoms. The standard InChI is InChI=1S/C21H27N3O4/c1-25-17-11-15-5-10-27-21(16(15)12-18(17)26-2)6-8-24(9-7-21)13-19-22-20(28-23-19)14-3-4-14/h11-12,14H,3-10,13H2,1-2H3. The van der Waals surface area contributed by atoms with Gasteiger partial charge in [-0.2, -0.15) is 4.98 Å². The van der Waals surface area contributed by atoms with Crippen LogP contribution >= 0.6 is 0 Å². The van der Waals surface area contributed by atoms with Gasteiger partial charge in [-0.1, -0.05) is 5.16 Å². The second-order valence-corrected chi connectivity index (χ2v) is 8.06. The van der Waals surface area contributed by atoms with E-state index in [0.717, 1.165) is 68.7 Å². The number of hydrogen-bond donors (Lipinski definition) is 0. The number of aromatic nitrogens is 2. The van der Waals surface area contributed by atoms with Crippen LogP contribution in [0.1, 0.15) is 54.4 Å². The van der Waals surface area contributed by atoms with E-state index in [0.29, 0.717) is 5.92 Å². The first-order valence-electron chi connectivity index (χ1n) is 10.1. The predicted octanol–water partition coefficient (Wildman–Crippen LogP) is 3.03. The summed E-state index contributed by atoms with van der Waals surface area (Å²) in [6.45, 7) is 3.38. The lowest BCUT2D eigenvalue weighted by Gasteiger charge is -2.45. The molecule has 0 amide bonds. The van der Waals surface area contributed by atoms with Gasteiger partial charge in [-0.3, -0.25) is 4.90 Å². The average Bonchev–Trinajstić information content (AvgIpc) is 3.48. The molecule has 0 atom stereocenters. The van der Waals surface area contributed by atoms with Gasteiger partial charge in [0, 0.05) is 19.0 Å². The Bertz CT molecular complexity index is 853. The van der Waals surface area contributed by atoms with E-state index in [9.17, 15) is 0 Å². The van der Waals surface area contributed by atoms with Crippen LogP contribution in [-0.4, -0.2) is 49.0 Å². The van der Waals surface area contributed by atoms with Gasteiger partial charge in [-0.25, -0.2) is 0 Å². The molecule has 1 aromatic carbocycles. The van der Waals surface area contributed by atoms with Crippen LogP contribution in [0, 0.1) is 0 Å². The molecule has 0 radical (unpaired) electrons. The molecule has 1 saturated heterocycles. The molecule has 1 aliphatic carbocycles. The fourth-order valence-electron chi connectivity index (χ4n) is 4.50. The van der Waals surface area contributed by atoms with Crippen molar-refractivity contribution < 1.29 is 18.7 Å². The number of likely N-dealkylation sites (tertiary alicyclic amines) is 1. The highest BCUT2D eigenvalue weighted by atomic mass is 16.5. The zero-order chi connectivity index (χ0) is 19.1. The Morgan fingerprint density at radius 3 is 2.61 bits per heavy atom. The minimum absolute atomic E-state index is 0.236. The largest absolute Gasteiger partial charge is 0.493 e. The maximum atomic E-state index is 6.38. The number of hydrogen-bond acceptors (Lipinski definition) is 7. The molecule has 2 aliphatic heterocycles. The van der Waals surface area contributed by atoms with Crippen molar-refractivity contribution in [2.24, 2.45) is 0 Å². The number of fused-ring (bicyclic) bond motifs is 2. The highest BCUT2D eigenvalue weighted by Crippen LogP contribution is 2.45. The maximum Gasteiger partial charge on any atom is 0.229 e. The van der Waals surface area contributed by atoms with Gasteiger partial charge in [0.15, 0.2) is 17.3 Å². The van der Waals surface area contributed by atoms with E-state index >= 15 is 0 Å². The van der Waals surface area contributed by atoms with Gasteiger partial charge in [-0.05, 0) is 55.4 Å². The molecule has 3 aliphatic rings. The minimum Gasteiger partial charge on any atom is -0.493 e. The van der Waals surface area contributed by atoms with E-state index in [1.54, 1.807) is 14.2 Å². The van der Waals surface area contributed by atoms with Crippen molar-refractivity contribution in [3.8, 4) is 11.5 Å². The summed E-state index contributed by atoms with van der Waals surface area (Å²) in [5, 5.41) is 4.16. The van der Waals surface area contributed by atoms with Gasteiger partial charge in [0.2, 0.25) is 5.89 Å². The summed E-state index contributed by atoms with van der Waals surface area (Å²) in [7, 11) is 3.37. The molecule has 3 heterocycles. The first-order chi connectivity index (χ1) is 13.7. The van der Waals surface area contributed by atoms with Gasteiger partial charge in [0.05, 0.1) is 33.0 Å². The highest BCUT2D eigenvalue weighted by Gasteiger charge is 2.41. The van der Waals surface area contributed by atoms with Crippen LogP contribution in [0.5, 0.6) is 11.5 Å². The SMILES string of the molecule is COc1cc2c(cc1OC)C1(CCN(Cc3noc(C4CC4)n3)CC1)OCC2. The molecule has 2 aromatic rings. The summed E-state index contributed by atoms with van der Waals surface area (Å²) in [6.07, 6.45) is 5.16. The predicted molar refractivity (Wildman–Crippen MR) is 102 cm³/mol. The Kier molecular flexibility index (Phi) is 4.51. The van der Waals surface area contributed by atoms with Gasteiger partial charge < -0.3 is 18.7 Å². The number of piperidine rings is 1. The van der Waals surface area contributed by atoms with E-state index in [4.69, 9.17) is 18.7 Å². The van der Waals surface area contributed by atoms with Crippen molar-refractivity contribution >= 4 is 0 Å². The topological polar surface area (TPSA) is 69.9 Å². The lowest BCUT2D eigenvalue weighted by molar-refractivity contribution is -0.0993. The number of ether oxygens (including phenoxy) is 3. The van der Waals surface area contributed by atoms with Crippen LogP contribution in [-0.2, 0) is 23.3 Å². The zero-order valence-electron chi connectivity index (χ0n) is 16.6. The first kappa shape index (κ1) is 17.9. The summed E-state index contributed by atoms with van der Waals surface area (Å²) in [6, 6.07) is 4.23. The molecule has 7 nitrogen and oxygen atoms in total. The van der Waals surface area contributed by atoms with E-state index < -0.39 is 0 Å². The molecule has 1 saturated carbocycles. The Morgan fingerprint density at radius 1 is 1.14 bits per heavy atom. The molecule has 0 unspecified atom stereocenters. The van der Waals surface area contributed by atoms with Crippen LogP contribution in [0.15, 0.2) is 16.7 Å². The molecule has 1 aromatic heterocycles. The van der Waals surface area contributed by atoms with Crippen LogP contribution in [0.2, 0.25) is 0 Å². The lowest BCUT2D eigenvalue weighted by atomic mass is 9.79. The molecule has 0 N–H and O–H groups in total. The second kappa shape index (κ2) is 7.04. The zero-order valence-corrected chi connectivity index (χ0v) is 16.6. The average molecular weight is 385 g/mol. The fraction of sp³-hybridized carbons (Fsp3) is 0.619. The fourth-order valence-corrected chi connectivity index (χ4v) is 4.50. The van der Waals surface area contributed by atoms with E-state index in [1.165, 1.54) is 24.0 Å². The smallest absolute Gasteiger partial charge is 0.229 e. The Morgan fingerprint density at radius 2 is 1.89 bits per heavy atom. The van der Waals surface area contributed by atoms with Crippen molar-refractivity contribution in [1.82, 2.24) is 15.0 Å². The second-order valence-electron chi connectivity index (χ2n) is 8.06. The summed E-state index contributed by atoms with van der Waals surface area (Å²) in [4.78, 5) is 6.96. The van der Waals surface area contributed by atoms with E-state index in [-0.39, 0.29) is 5.60 Å². The molecule has 5 rings (SSSR count). The number of nitrogens with zero attached hydrogens (tertiary/aromatic N) is 3. The molecule has 150 valence electrons. The molecular weight excluding hydrogens is 358 g/mol. The molecule has 7 heteroatoms. The highest BCUT2D eigenvalue weighted by molar-refractivity contribution is 5.50. The summed E-state index contributed by atoms with van der Waals surface area (Å²) < 4.78 is 22.8. The van der Waals surface area contributed by atoms with Gasteiger partial charge in [0.1, 0.15) is 0 Å². The van der Waals surface area contributed by atoms with Crippen molar-refractivity contribution in [2.45, 2.75) is 50.2 Å². The van der Waals surface area contributed by atoms with Crippen LogP contribution in [0.4, 0.5) is 0 Å². The van der Waals surface area contributed by atoms with Gasteiger partial charge in [-0.15, -0.1) is 0 Å². The molecule has 2 fully saturated rings. The van der Waals surface area contributed by atoms with Crippen LogP contribution < -0.4 is 9.47 Å². The maximum absolute atomic E-state index is 6.38. The first-order valence-corrected chi connectivity index (χ1v) is 10.1. The third-order valence-corrected chi connectivity index (χ3v) is 6.29. The van der Waals surface area contributed by atoms with Crippen molar-refractivity contribution in [2.75, 3.05) is 33.9 Å². The number of benzene rings is 1. The third kappa shape index (κ3) is 3.16. The summed E-state index contributed by atoms with van der Waals surface area (Å²) >= 11 is 0. The molecule has 1 spiro atoms. The van der Waals surface area contributed by atoms with Crippen molar-refractivity contribution in [3.63, 3.8) is 0 Å². The monoisotopic (exact) mass is 385 g/mol. The van der Waals surface area contributed by atoms with Gasteiger partial charge >= 0.3 is 0 Å². The lowest BCUT2D eigenvalue weighted by Crippen LogP contribution is -2.46. The van der Waals surface area contributed by atoms with E-state index in [2.05, 4.69) is 27.2 Å². The van der Waals surface area contributed by atoms with Gasteiger partial charge in [0.25, 0.3) is 0 Å². The molecular formula is C21H27N3O4. The normalized spacial score (nSPS) is 21.5. The third-order valence-electron chi connectivity index (χ3n) is 6.29. The minimum atomic E-state index is -0.236.